The molecule has 3 N–H and O–H groups in total. The molecule has 0 saturated heterocycles. The van der Waals surface area contributed by atoms with Crippen LogP contribution in [0.1, 0.15) is 55.0 Å². The van der Waals surface area contributed by atoms with Gasteiger partial charge in [0.25, 0.3) is 5.79 Å². The standard InChI is InChI=1S/C26H17FO12/c1-35-13-5-12(28)16-17(19(13)30)21(32)23-10(18(16)29)6-26(39-23)7-11(27)9-3-8-4-14(24(33)36-2)37-25(34)15(8)20(31)22(9)38-26/h3-5,11,29,31-32H,6-7H2,1-2H3. The number of allylic oxidation sites excluding steroid dienone is 2. The lowest BCUT2D eigenvalue weighted by atomic mass is 9.87. The second kappa shape index (κ2) is 7.96. The number of methoxy groups -OCH3 is 2. The molecule has 6 rings (SSSR count). The van der Waals surface area contributed by atoms with Crippen LogP contribution in [0.3, 0.4) is 0 Å². The lowest BCUT2D eigenvalue weighted by Crippen LogP contribution is -2.44. The van der Waals surface area contributed by atoms with E-state index < -0.39 is 99.0 Å². The SMILES string of the molecule is COC(=O)c1cc2cc3c(c(O)c2c(=O)o1)OC1(Cc2c(O)c4c(c(O)c2O1)C(=O)C(OC)=CC4=O)CC3F. The van der Waals surface area contributed by atoms with Gasteiger partial charge in [0.15, 0.2) is 34.5 Å². The predicted molar refractivity (Wildman–Crippen MR) is 125 cm³/mol. The van der Waals surface area contributed by atoms with E-state index in [1.54, 1.807) is 0 Å². The zero-order valence-electron chi connectivity index (χ0n) is 20.1. The van der Waals surface area contributed by atoms with Gasteiger partial charge >= 0.3 is 11.6 Å². The Hall–Kier alpha value is -5.07. The number of Topliss-reactive ketones (excluding diaryl/α,β-unsaturated/α-hetero) is 1. The van der Waals surface area contributed by atoms with Crippen LogP contribution in [0.2, 0.25) is 0 Å². The Kier molecular flexibility index (Phi) is 4.96. The molecule has 200 valence electrons. The maximum Gasteiger partial charge on any atom is 0.374 e. The zero-order valence-corrected chi connectivity index (χ0v) is 20.1. The Morgan fingerprint density at radius 1 is 1.03 bits per heavy atom. The molecule has 3 aliphatic rings. The molecule has 3 heterocycles. The molecule has 3 aromatic rings. The number of halogens is 1. The molecule has 2 atom stereocenters. The van der Waals surface area contributed by atoms with E-state index in [9.17, 15) is 34.5 Å². The number of phenolic OH excluding ortho intramolecular Hbond substituents is 3. The van der Waals surface area contributed by atoms with Crippen molar-refractivity contribution in [1.82, 2.24) is 0 Å². The fourth-order valence-electron chi connectivity index (χ4n) is 5.17. The van der Waals surface area contributed by atoms with Crippen molar-refractivity contribution < 1.29 is 57.5 Å². The van der Waals surface area contributed by atoms with E-state index in [2.05, 4.69) is 4.74 Å². The molecule has 2 aliphatic heterocycles. The van der Waals surface area contributed by atoms with Crippen molar-refractivity contribution >= 4 is 28.3 Å². The number of alkyl halides is 1. The molecule has 1 aliphatic carbocycles. The van der Waals surface area contributed by atoms with Gasteiger partial charge in [-0.3, -0.25) is 9.59 Å². The van der Waals surface area contributed by atoms with Crippen LogP contribution in [0.15, 0.2) is 33.2 Å². The number of fused-ring (bicyclic) bond motifs is 4. The highest BCUT2D eigenvalue weighted by atomic mass is 19.1. The van der Waals surface area contributed by atoms with Crippen molar-refractivity contribution in [3.8, 4) is 28.7 Å². The molecule has 13 heteroatoms. The van der Waals surface area contributed by atoms with Crippen molar-refractivity contribution in [2.45, 2.75) is 24.8 Å². The van der Waals surface area contributed by atoms with Crippen LogP contribution in [-0.4, -0.2) is 52.9 Å². The molecule has 0 saturated carbocycles. The smallest absolute Gasteiger partial charge is 0.374 e. The van der Waals surface area contributed by atoms with Gasteiger partial charge in [-0.15, -0.1) is 0 Å². The molecule has 1 aromatic heterocycles. The van der Waals surface area contributed by atoms with Crippen LogP contribution < -0.4 is 15.1 Å². The van der Waals surface area contributed by atoms with Crippen LogP contribution in [0.4, 0.5) is 4.39 Å². The topological polar surface area (TPSA) is 179 Å². The average molecular weight is 540 g/mol. The summed E-state index contributed by atoms with van der Waals surface area (Å²) < 4.78 is 41.6. The van der Waals surface area contributed by atoms with E-state index in [1.807, 2.05) is 0 Å². The summed E-state index contributed by atoms with van der Waals surface area (Å²) in [5.41, 5.74) is -2.44. The van der Waals surface area contributed by atoms with E-state index >= 15 is 4.39 Å². The minimum Gasteiger partial charge on any atom is -0.507 e. The number of esters is 1. The molecule has 2 aromatic carbocycles. The van der Waals surface area contributed by atoms with Gasteiger partial charge in [-0.2, -0.15) is 0 Å². The van der Waals surface area contributed by atoms with Crippen molar-refractivity contribution in [2.75, 3.05) is 14.2 Å². The normalized spacial score (nSPS) is 21.0. The molecule has 1 spiro atoms. The number of aromatic hydroxyl groups is 3. The number of rotatable bonds is 2. The van der Waals surface area contributed by atoms with Gasteiger partial charge in [0, 0.05) is 17.2 Å². The molecule has 0 fully saturated rings. The van der Waals surface area contributed by atoms with Gasteiger partial charge in [-0.1, -0.05) is 0 Å². The highest BCUT2D eigenvalue weighted by Crippen LogP contribution is 2.57. The zero-order chi connectivity index (χ0) is 28.0. The maximum absolute atomic E-state index is 15.6. The third kappa shape index (κ3) is 3.22. The summed E-state index contributed by atoms with van der Waals surface area (Å²) in [6, 6.07) is 2.31. The molecular formula is C26H17FO12. The molecular weight excluding hydrogens is 523 g/mol. The first-order valence-corrected chi connectivity index (χ1v) is 11.4. The van der Waals surface area contributed by atoms with Crippen molar-refractivity contribution in [2.24, 2.45) is 0 Å². The number of phenols is 3. The number of carbonyl (C=O) groups is 3. The first-order chi connectivity index (χ1) is 18.5. The largest absolute Gasteiger partial charge is 0.507 e. The monoisotopic (exact) mass is 540 g/mol. The molecule has 0 radical (unpaired) electrons. The lowest BCUT2D eigenvalue weighted by molar-refractivity contribution is -0.129. The van der Waals surface area contributed by atoms with Gasteiger partial charge in [0.05, 0.1) is 38.2 Å². The van der Waals surface area contributed by atoms with Gasteiger partial charge in [-0.05, 0) is 17.5 Å². The first-order valence-electron chi connectivity index (χ1n) is 11.4. The van der Waals surface area contributed by atoms with Gasteiger partial charge in [0.1, 0.15) is 17.3 Å². The summed E-state index contributed by atoms with van der Waals surface area (Å²) in [6.45, 7) is 0. The second-order valence-electron chi connectivity index (χ2n) is 9.12. The second-order valence-corrected chi connectivity index (χ2v) is 9.12. The molecule has 0 amide bonds. The van der Waals surface area contributed by atoms with Crippen molar-refractivity contribution in [3.05, 3.63) is 62.4 Å². The van der Waals surface area contributed by atoms with Gasteiger partial charge in [0.2, 0.25) is 11.5 Å². The molecule has 12 nitrogen and oxygen atoms in total. The first kappa shape index (κ1) is 24.3. The lowest BCUT2D eigenvalue weighted by Gasteiger charge is -2.36. The fraction of sp³-hybridized carbons (Fsp3) is 0.231. The Labute approximate surface area is 216 Å². The van der Waals surface area contributed by atoms with Crippen LogP contribution in [0.25, 0.3) is 10.8 Å². The van der Waals surface area contributed by atoms with Gasteiger partial charge < -0.3 is 38.7 Å². The third-order valence-electron chi connectivity index (χ3n) is 6.92. The molecule has 2 unspecified atom stereocenters. The number of hydrogen-bond acceptors (Lipinski definition) is 12. The minimum atomic E-state index is -1.95. The quantitative estimate of drug-likeness (QED) is 0.320. The van der Waals surface area contributed by atoms with Crippen molar-refractivity contribution in [1.29, 1.82) is 0 Å². The van der Waals surface area contributed by atoms with Crippen LogP contribution in [0.5, 0.6) is 28.7 Å². The molecule has 39 heavy (non-hydrogen) atoms. The fourth-order valence-corrected chi connectivity index (χ4v) is 5.17. The number of hydrogen-bond donors (Lipinski definition) is 3. The Morgan fingerprint density at radius 3 is 2.44 bits per heavy atom. The molecule has 0 bridgehead atoms. The van der Waals surface area contributed by atoms with E-state index in [0.717, 1.165) is 26.4 Å². The van der Waals surface area contributed by atoms with E-state index in [4.69, 9.17) is 18.6 Å². The minimum absolute atomic E-state index is 0.0119. The summed E-state index contributed by atoms with van der Waals surface area (Å²) in [5.74, 6) is -8.54. The Morgan fingerprint density at radius 2 is 1.74 bits per heavy atom. The summed E-state index contributed by atoms with van der Waals surface area (Å²) in [7, 11) is 2.23. The van der Waals surface area contributed by atoms with E-state index in [1.165, 1.54) is 6.07 Å². The number of carbonyl (C=O) groups excluding carboxylic acids is 3. The van der Waals surface area contributed by atoms with Crippen LogP contribution in [-0.2, 0) is 15.9 Å². The average Bonchev–Trinajstić information content (AvgIpc) is 3.27. The number of benzene rings is 2. The Bertz CT molecular complexity index is 1770. The summed E-state index contributed by atoms with van der Waals surface area (Å²) >= 11 is 0. The van der Waals surface area contributed by atoms with E-state index in [-0.39, 0.29) is 22.3 Å². The van der Waals surface area contributed by atoms with E-state index in [0.29, 0.717) is 0 Å². The highest BCUT2D eigenvalue weighted by molar-refractivity contribution is 6.26. The summed E-state index contributed by atoms with van der Waals surface area (Å²) in [4.78, 5) is 49.8. The predicted octanol–water partition coefficient (Wildman–Crippen LogP) is 2.73. The highest BCUT2D eigenvalue weighted by Gasteiger charge is 2.53. The number of ketones is 2. The van der Waals surface area contributed by atoms with Crippen LogP contribution >= 0.6 is 0 Å². The maximum atomic E-state index is 15.6. The van der Waals surface area contributed by atoms with Crippen LogP contribution in [0, 0.1) is 0 Å². The summed E-state index contributed by atoms with van der Waals surface area (Å²) in [6.07, 6.45) is -1.91. The Balaban J connectivity index is 1.47. The summed E-state index contributed by atoms with van der Waals surface area (Å²) in [5, 5.41) is 32.3. The van der Waals surface area contributed by atoms with Gasteiger partial charge in [-0.25, -0.2) is 14.0 Å². The van der Waals surface area contributed by atoms with Crippen molar-refractivity contribution in [3.63, 3.8) is 0 Å². The number of ether oxygens (including phenoxy) is 4. The third-order valence-corrected chi connectivity index (χ3v) is 6.92.